The van der Waals surface area contributed by atoms with E-state index in [0.29, 0.717) is 23.6 Å². The second-order valence-electron chi connectivity index (χ2n) is 5.82. The van der Waals surface area contributed by atoms with Crippen LogP contribution < -0.4 is 14.8 Å². The van der Waals surface area contributed by atoms with Crippen LogP contribution in [0.2, 0.25) is 0 Å². The molecule has 5 nitrogen and oxygen atoms in total. The van der Waals surface area contributed by atoms with Gasteiger partial charge < -0.3 is 14.8 Å². The number of halogens is 2. The van der Waals surface area contributed by atoms with Crippen LogP contribution >= 0.6 is 15.9 Å². The molecule has 0 atom stereocenters. The van der Waals surface area contributed by atoms with Gasteiger partial charge in [-0.2, -0.15) is 0 Å². The number of nitrogens with zero attached hydrogens (tertiary/aromatic N) is 1. The van der Waals surface area contributed by atoms with E-state index < -0.39 is 11.7 Å². The first kappa shape index (κ1) is 19.8. The molecule has 0 bridgehead atoms. The van der Waals surface area contributed by atoms with E-state index in [9.17, 15) is 9.18 Å². The lowest BCUT2D eigenvalue weighted by Crippen LogP contribution is -2.24. The minimum Gasteiger partial charge on any atom is -0.490 e. The summed E-state index contributed by atoms with van der Waals surface area (Å²) in [6.07, 6.45) is 1.60. The molecule has 0 spiro atoms. The Morgan fingerprint density at radius 1 is 1.04 bits per heavy atom. The summed E-state index contributed by atoms with van der Waals surface area (Å²) in [4.78, 5) is 16.3. The van der Waals surface area contributed by atoms with Crippen molar-refractivity contribution < 1.29 is 18.7 Å². The Bertz CT molecular complexity index is 921. The van der Waals surface area contributed by atoms with Crippen LogP contribution in [0.15, 0.2) is 71.3 Å². The number of nitrogens with one attached hydrogen (secondary N) is 1. The standard InChI is InChI=1S/C21H18BrFN2O3/c22-16-7-8-19(23)18(12-16)21(26)25-14-15-6-9-20(24-13-15)28-11-10-27-17-4-2-1-3-5-17/h1-9,12-13H,10-11,14H2,(H,25,26). The highest BCUT2D eigenvalue weighted by atomic mass is 79.9. The monoisotopic (exact) mass is 444 g/mol. The van der Waals surface area contributed by atoms with Crippen LogP contribution in [0.25, 0.3) is 0 Å². The van der Waals surface area contributed by atoms with E-state index in [1.54, 1.807) is 24.4 Å². The number of amides is 1. The van der Waals surface area contributed by atoms with Crippen LogP contribution in [0.5, 0.6) is 11.6 Å². The molecular formula is C21H18BrFN2O3. The van der Waals surface area contributed by atoms with Crippen LogP contribution in [-0.4, -0.2) is 24.1 Å². The quantitative estimate of drug-likeness (QED) is 0.524. The molecule has 0 unspecified atom stereocenters. The van der Waals surface area contributed by atoms with Gasteiger partial charge in [0, 0.05) is 23.3 Å². The number of hydrogen-bond acceptors (Lipinski definition) is 4. The zero-order valence-corrected chi connectivity index (χ0v) is 16.5. The average Bonchev–Trinajstić information content (AvgIpc) is 2.73. The number of rotatable bonds is 8. The second-order valence-corrected chi connectivity index (χ2v) is 6.74. The third kappa shape index (κ3) is 5.79. The molecule has 1 heterocycles. The van der Waals surface area contributed by atoms with E-state index in [2.05, 4.69) is 26.2 Å². The first-order valence-corrected chi connectivity index (χ1v) is 9.40. The molecule has 0 saturated heterocycles. The number of carbonyl (C=O) groups is 1. The number of hydrogen-bond donors (Lipinski definition) is 1. The summed E-state index contributed by atoms with van der Waals surface area (Å²) in [5, 5.41) is 2.67. The van der Waals surface area contributed by atoms with Crippen LogP contribution in [0.4, 0.5) is 4.39 Å². The van der Waals surface area contributed by atoms with Gasteiger partial charge in [0.25, 0.3) is 5.91 Å². The number of carbonyl (C=O) groups excluding carboxylic acids is 1. The zero-order chi connectivity index (χ0) is 19.8. The van der Waals surface area contributed by atoms with Gasteiger partial charge in [-0.05, 0) is 35.9 Å². The molecule has 1 N–H and O–H groups in total. The second kappa shape index (κ2) is 9.85. The molecule has 1 aromatic heterocycles. The largest absolute Gasteiger partial charge is 0.490 e. The van der Waals surface area contributed by atoms with Gasteiger partial charge in [-0.15, -0.1) is 0 Å². The molecule has 0 aliphatic rings. The normalized spacial score (nSPS) is 10.4. The zero-order valence-electron chi connectivity index (χ0n) is 14.9. The van der Waals surface area contributed by atoms with Crippen molar-refractivity contribution in [2.75, 3.05) is 13.2 Å². The van der Waals surface area contributed by atoms with E-state index in [-0.39, 0.29) is 12.1 Å². The van der Waals surface area contributed by atoms with Crippen molar-refractivity contribution in [1.82, 2.24) is 10.3 Å². The number of ether oxygens (including phenoxy) is 2. The third-order valence-corrected chi connectivity index (χ3v) is 4.26. The molecule has 0 aliphatic heterocycles. The summed E-state index contributed by atoms with van der Waals surface area (Å²) < 4.78 is 25.4. The van der Waals surface area contributed by atoms with Crippen molar-refractivity contribution in [3.63, 3.8) is 0 Å². The molecule has 0 aliphatic carbocycles. The maximum Gasteiger partial charge on any atom is 0.254 e. The Kier molecular flexibility index (Phi) is 6.97. The highest BCUT2D eigenvalue weighted by molar-refractivity contribution is 9.10. The van der Waals surface area contributed by atoms with E-state index in [1.807, 2.05) is 30.3 Å². The topological polar surface area (TPSA) is 60.5 Å². The summed E-state index contributed by atoms with van der Waals surface area (Å²) in [7, 11) is 0. The lowest BCUT2D eigenvalue weighted by atomic mass is 10.2. The Labute approximate surface area is 170 Å². The minimum atomic E-state index is -0.569. The predicted octanol–water partition coefficient (Wildman–Crippen LogP) is 4.37. The summed E-state index contributed by atoms with van der Waals surface area (Å²) in [5.74, 6) is 0.189. The van der Waals surface area contributed by atoms with Gasteiger partial charge in [0.05, 0.1) is 5.56 Å². The molecule has 2 aromatic carbocycles. The van der Waals surface area contributed by atoms with E-state index >= 15 is 0 Å². The Morgan fingerprint density at radius 2 is 1.82 bits per heavy atom. The van der Waals surface area contributed by atoms with Crippen molar-refractivity contribution in [1.29, 1.82) is 0 Å². The van der Waals surface area contributed by atoms with Crippen molar-refractivity contribution in [2.45, 2.75) is 6.54 Å². The first-order valence-electron chi connectivity index (χ1n) is 8.60. The summed E-state index contributed by atoms with van der Waals surface area (Å²) >= 11 is 3.23. The number of aromatic nitrogens is 1. The molecule has 3 rings (SSSR count). The van der Waals surface area contributed by atoms with Gasteiger partial charge in [-0.1, -0.05) is 40.2 Å². The van der Waals surface area contributed by atoms with Crippen molar-refractivity contribution in [3.8, 4) is 11.6 Å². The lowest BCUT2D eigenvalue weighted by Gasteiger charge is -2.09. The summed E-state index contributed by atoms with van der Waals surface area (Å²) in [6.45, 7) is 0.997. The minimum absolute atomic E-state index is 0.0132. The highest BCUT2D eigenvalue weighted by Gasteiger charge is 2.12. The fourth-order valence-corrected chi connectivity index (χ4v) is 2.73. The molecular weight excluding hydrogens is 427 g/mol. The maximum atomic E-state index is 13.7. The molecule has 3 aromatic rings. The smallest absolute Gasteiger partial charge is 0.254 e. The molecule has 144 valence electrons. The molecule has 1 amide bonds. The lowest BCUT2D eigenvalue weighted by molar-refractivity contribution is 0.0946. The molecule has 0 fully saturated rings. The van der Waals surface area contributed by atoms with Crippen LogP contribution in [-0.2, 0) is 6.54 Å². The van der Waals surface area contributed by atoms with E-state index in [1.165, 1.54) is 12.1 Å². The van der Waals surface area contributed by atoms with Gasteiger partial charge in [0.15, 0.2) is 0 Å². The van der Waals surface area contributed by atoms with Gasteiger partial charge in [0.1, 0.15) is 24.8 Å². The molecule has 0 saturated carbocycles. The highest BCUT2D eigenvalue weighted by Crippen LogP contribution is 2.16. The van der Waals surface area contributed by atoms with E-state index in [0.717, 1.165) is 11.3 Å². The van der Waals surface area contributed by atoms with Crippen molar-refractivity contribution >= 4 is 21.8 Å². The van der Waals surface area contributed by atoms with Gasteiger partial charge in [0.2, 0.25) is 5.88 Å². The van der Waals surface area contributed by atoms with Crippen LogP contribution in [0.1, 0.15) is 15.9 Å². The first-order chi connectivity index (χ1) is 13.6. The van der Waals surface area contributed by atoms with E-state index in [4.69, 9.17) is 9.47 Å². The van der Waals surface area contributed by atoms with Crippen LogP contribution in [0.3, 0.4) is 0 Å². The summed E-state index contributed by atoms with van der Waals surface area (Å²) in [5.41, 5.74) is 0.761. The maximum absolute atomic E-state index is 13.7. The average molecular weight is 445 g/mol. The van der Waals surface area contributed by atoms with Gasteiger partial charge in [-0.3, -0.25) is 4.79 Å². The SMILES string of the molecule is O=C(NCc1ccc(OCCOc2ccccc2)nc1)c1cc(Br)ccc1F. The number of benzene rings is 2. The Balaban J connectivity index is 1.44. The predicted molar refractivity (Wildman–Crippen MR) is 107 cm³/mol. The number of pyridine rings is 1. The fourth-order valence-electron chi connectivity index (χ4n) is 2.37. The van der Waals surface area contributed by atoms with Crippen molar-refractivity contribution in [2.24, 2.45) is 0 Å². The molecule has 28 heavy (non-hydrogen) atoms. The summed E-state index contributed by atoms with van der Waals surface area (Å²) in [6, 6.07) is 17.2. The fraction of sp³-hybridized carbons (Fsp3) is 0.143. The van der Waals surface area contributed by atoms with Gasteiger partial charge >= 0.3 is 0 Å². The molecule has 7 heteroatoms. The Hall–Kier alpha value is -2.93. The van der Waals surface area contributed by atoms with Crippen molar-refractivity contribution in [3.05, 3.63) is 88.3 Å². The number of para-hydroxylation sites is 1. The third-order valence-electron chi connectivity index (χ3n) is 3.77. The molecule has 0 radical (unpaired) electrons. The Morgan fingerprint density at radius 3 is 2.57 bits per heavy atom. The van der Waals surface area contributed by atoms with Crippen LogP contribution in [0, 0.1) is 5.82 Å². The van der Waals surface area contributed by atoms with Gasteiger partial charge in [-0.25, -0.2) is 9.37 Å².